The molecule has 1 aliphatic carbocycles. The van der Waals surface area contributed by atoms with Crippen LogP contribution in [0.3, 0.4) is 0 Å². The minimum Gasteiger partial charge on any atom is -0.511 e. The third-order valence-electron chi connectivity index (χ3n) is 5.77. The third-order valence-corrected chi connectivity index (χ3v) is 5.77. The van der Waals surface area contributed by atoms with E-state index in [0.29, 0.717) is 18.4 Å². The highest BCUT2D eigenvalue weighted by Gasteiger charge is 2.49. The van der Waals surface area contributed by atoms with Crippen molar-refractivity contribution in [3.63, 3.8) is 0 Å². The fourth-order valence-electron chi connectivity index (χ4n) is 3.82. The molecule has 0 aromatic carbocycles. The van der Waals surface area contributed by atoms with E-state index in [4.69, 9.17) is 4.74 Å². The summed E-state index contributed by atoms with van der Waals surface area (Å²) in [6.45, 7) is 13.7. The highest BCUT2D eigenvalue weighted by molar-refractivity contribution is 6.24. The van der Waals surface area contributed by atoms with Gasteiger partial charge in [-0.15, -0.1) is 0 Å². The largest absolute Gasteiger partial charge is 0.511 e. The van der Waals surface area contributed by atoms with Crippen LogP contribution in [0.4, 0.5) is 0 Å². The van der Waals surface area contributed by atoms with Gasteiger partial charge in [0.25, 0.3) is 0 Å². The molecule has 0 amide bonds. The summed E-state index contributed by atoms with van der Waals surface area (Å²) in [7, 11) is 0. The second-order valence-corrected chi connectivity index (χ2v) is 9.31. The molecule has 2 rings (SSSR count). The highest BCUT2D eigenvalue weighted by atomic mass is 16.5. The zero-order valence-corrected chi connectivity index (χ0v) is 19.5. The van der Waals surface area contributed by atoms with E-state index in [0.717, 1.165) is 18.4 Å². The number of carbonyl (C=O) groups is 2. The molecule has 2 atom stereocenters. The quantitative estimate of drug-likeness (QED) is 0.385. The summed E-state index contributed by atoms with van der Waals surface area (Å²) in [6.07, 6.45) is 8.72. The van der Waals surface area contributed by atoms with Crippen molar-refractivity contribution >= 4 is 11.6 Å². The summed E-state index contributed by atoms with van der Waals surface area (Å²) in [4.78, 5) is 26.2. The number of hydrogen-bond donors (Lipinski definition) is 1. The van der Waals surface area contributed by atoms with Gasteiger partial charge in [-0.1, -0.05) is 34.9 Å². The first-order valence-electron chi connectivity index (χ1n) is 10.8. The normalized spacial score (nSPS) is 24.5. The monoisotopic (exact) mass is 412 g/mol. The summed E-state index contributed by atoms with van der Waals surface area (Å²) in [5.41, 5.74) is 3.08. The van der Waals surface area contributed by atoms with E-state index in [9.17, 15) is 14.7 Å². The fourth-order valence-corrected chi connectivity index (χ4v) is 3.82. The minimum atomic E-state index is -1.15. The Kier molecular flexibility index (Phi) is 7.68. The van der Waals surface area contributed by atoms with E-state index in [1.165, 1.54) is 11.1 Å². The lowest BCUT2D eigenvalue weighted by atomic mass is 9.69. The number of Topliss-reactive ketones (excluding diaryl/α,β-unsaturated/α-hetero) is 2. The number of carbonyl (C=O) groups excluding carboxylic acids is 2. The molecular weight excluding hydrogens is 376 g/mol. The topological polar surface area (TPSA) is 63.6 Å². The number of aliphatic hydroxyl groups is 1. The van der Waals surface area contributed by atoms with Gasteiger partial charge in [0.05, 0.1) is 5.41 Å². The zero-order valence-electron chi connectivity index (χ0n) is 19.5. The molecule has 1 aliphatic heterocycles. The Bertz CT molecular complexity index is 871. The summed E-state index contributed by atoms with van der Waals surface area (Å²) in [6, 6.07) is 0. The van der Waals surface area contributed by atoms with Crippen LogP contribution in [0, 0.1) is 5.41 Å². The van der Waals surface area contributed by atoms with Gasteiger partial charge in [0.15, 0.2) is 11.6 Å². The number of hydrogen-bond acceptors (Lipinski definition) is 4. The van der Waals surface area contributed by atoms with E-state index < -0.39 is 5.41 Å². The van der Waals surface area contributed by atoms with Crippen molar-refractivity contribution in [2.45, 2.75) is 86.7 Å². The molecule has 4 nitrogen and oxygen atoms in total. The lowest BCUT2D eigenvalue weighted by Crippen LogP contribution is -2.41. The second kappa shape index (κ2) is 9.63. The average molecular weight is 413 g/mol. The van der Waals surface area contributed by atoms with E-state index in [-0.39, 0.29) is 41.2 Å². The van der Waals surface area contributed by atoms with Crippen LogP contribution in [0.25, 0.3) is 0 Å². The van der Waals surface area contributed by atoms with Gasteiger partial charge in [-0.05, 0) is 74.1 Å². The Labute approximate surface area is 181 Å². The van der Waals surface area contributed by atoms with Crippen molar-refractivity contribution in [3.05, 3.63) is 57.6 Å². The van der Waals surface area contributed by atoms with Crippen molar-refractivity contribution in [3.8, 4) is 0 Å². The first kappa shape index (κ1) is 23.9. The van der Waals surface area contributed by atoms with E-state index in [1.54, 1.807) is 6.92 Å². The van der Waals surface area contributed by atoms with Crippen LogP contribution in [-0.2, 0) is 14.3 Å². The van der Waals surface area contributed by atoms with Crippen molar-refractivity contribution in [2.75, 3.05) is 0 Å². The van der Waals surface area contributed by atoms with Crippen molar-refractivity contribution in [2.24, 2.45) is 5.41 Å². The first-order chi connectivity index (χ1) is 14.0. The molecule has 30 heavy (non-hydrogen) atoms. The van der Waals surface area contributed by atoms with Gasteiger partial charge in [-0.25, -0.2) is 0 Å². The highest BCUT2D eigenvalue weighted by Crippen LogP contribution is 2.46. The van der Waals surface area contributed by atoms with Crippen molar-refractivity contribution in [1.29, 1.82) is 0 Å². The molecule has 0 saturated heterocycles. The predicted molar refractivity (Wildman–Crippen MR) is 121 cm³/mol. The molecule has 164 valence electrons. The maximum atomic E-state index is 13.4. The summed E-state index contributed by atoms with van der Waals surface area (Å²) < 4.78 is 5.91. The van der Waals surface area contributed by atoms with Crippen LogP contribution in [0.2, 0.25) is 0 Å². The predicted octanol–water partition coefficient (Wildman–Crippen LogP) is 6.46. The van der Waals surface area contributed by atoms with Gasteiger partial charge >= 0.3 is 0 Å². The molecule has 1 heterocycles. The second-order valence-electron chi connectivity index (χ2n) is 9.31. The van der Waals surface area contributed by atoms with Crippen molar-refractivity contribution in [1.82, 2.24) is 0 Å². The average Bonchev–Trinajstić information content (AvgIpc) is 2.63. The molecular formula is C26H36O4. The van der Waals surface area contributed by atoms with Gasteiger partial charge in [0.1, 0.15) is 23.2 Å². The molecule has 4 heteroatoms. The maximum absolute atomic E-state index is 13.4. The number of ether oxygens (including phenoxy) is 1. The van der Waals surface area contributed by atoms with Crippen LogP contribution in [-0.4, -0.2) is 22.8 Å². The van der Waals surface area contributed by atoms with Gasteiger partial charge in [0, 0.05) is 12.0 Å². The number of rotatable bonds is 7. The molecule has 0 saturated carbocycles. The van der Waals surface area contributed by atoms with Gasteiger partial charge in [-0.2, -0.15) is 0 Å². The Morgan fingerprint density at radius 1 is 1.10 bits per heavy atom. The lowest BCUT2D eigenvalue weighted by molar-refractivity contribution is -0.130. The number of ketones is 2. The molecule has 0 aromatic rings. The standard InChI is InChI=1S/C26H36O4/c1-16(2)9-8-10-18(5)13-14-26(7)24(28)20(12-11-17(3)4)23-22(25(26)29)21(27)15-19(6)30-23/h9,11,13,19,28H,8,10,12,14-15H2,1-7H3/b18-13+/t19-,26+/m1/s1. The van der Waals surface area contributed by atoms with E-state index >= 15 is 0 Å². The molecule has 0 unspecified atom stereocenters. The van der Waals surface area contributed by atoms with Gasteiger partial charge < -0.3 is 9.84 Å². The molecule has 0 aromatic heterocycles. The Hall–Kier alpha value is -2.36. The molecule has 0 bridgehead atoms. The molecule has 0 spiro atoms. The van der Waals surface area contributed by atoms with E-state index in [2.05, 4.69) is 19.9 Å². The fraction of sp³-hybridized carbons (Fsp3) is 0.538. The molecule has 2 aliphatic rings. The Morgan fingerprint density at radius 2 is 1.73 bits per heavy atom. The van der Waals surface area contributed by atoms with Crippen LogP contribution >= 0.6 is 0 Å². The minimum absolute atomic E-state index is 0.0269. The first-order valence-corrected chi connectivity index (χ1v) is 10.8. The van der Waals surface area contributed by atoms with Crippen LogP contribution in [0.5, 0.6) is 0 Å². The smallest absolute Gasteiger partial charge is 0.183 e. The summed E-state index contributed by atoms with van der Waals surface area (Å²) in [5, 5.41) is 11.2. The van der Waals surface area contributed by atoms with Crippen LogP contribution in [0.15, 0.2) is 57.6 Å². The molecule has 0 fully saturated rings. The zero-order chi connectivity index (χ0) is 22.6. The van der Waals surface area contributed by atoms with E-state index in [1.807, 2.05) is 39.8 Å². The van der Waals surface area contributed by atoms with Crippen LogP contribution in [0.1, 0.15) is 80.6 Å². The van der Waals surface area contributed by atoms with Gasteiger partial charge in [-0.3, -0.25) is 9.59 Å². The lowest BCUT2D eigenvalue weighted by Gasteiger charge is -2.37. The Morgan fingerprint density at radius 3 is 2.33 bits per heavy atom. The Balaban J connectivity index is 2.44. The van der Waals surface area contributed by atoms with Crippen LogP contribution < -0.4 is 0 Å². The molecule has 0 radical (unpaired) electrons. The van der Waals surface area contributed by atoms with Gasteiger partial charge in [0.2, 0.25) is 0 Å². The summed E-state index contributed by atoms with van der Waals surface area (Å²) >= 11 is 0. The SMILES string of the molecule is CC(C)=CCC/C(C)=C/C[C@]1(C)C(=O)C2=C(O[C@H](C)CC2=O)C(CC=C(C)C)=C1O. The third kappa shape index (κ3) is 5.21. The molecule has 1 N–H and O–H groups in total. The number of allylic oxidation sites excluding steroid dienone is 9. The maximum Gasteiger partial charge on any atom is 0.183 e. The number of aliphatic hydroxyl groups excluding tert-OH is 1. The summed E-state index contributed by atoms with van der Waals surface area (Å²) in [5.74, 6) is -0.216. The van der Waals surface area contributed by atoms with Crippen molar-refractivity contribution < 1.29 is 19.4 Å².